The van der Waals surface area contributed by atoms with E-state index in [9.17, 15) is 12.8 Å². The van der Waals surface area contributed by atoms with Gasteiger partial charge in [0, 0.05) is 12.1 Å². The molecular weight excluding hydrogens is 277 g/mol. The summed E-state index contributed by atoms with van der Waals surface area (Å²) in [6, 6.07) is 5.12. The first-order valence-corrected chi connectivity index (χ1v) is 8.94. The minimum absolute atomic E-state index is 0.174. The fourth-order valence-corrected chi connectivity index (χ4v) is 4.18. The first-order valence-electron chi connectivity index (χ1n) is 7.12. The van der Waals surface area contributed by atoms with Gasteiger partial charge in [0.2, 0.25) is 0 Å². The number of rotatable bonds is 5. The van der Waals surface area contributed by atoms with Gasteiger partial charge in [0.1, 0.15) is 15.7 Å². The number of hydrogen-bond donors (Lipinski definition) is 1. The maximum atomic E-state index is 13.5. The second-order valence-corrected chi connectivity index (χ2v) is 7.96. The van der Waals surface area contributed by atoms with Crippen molar-refractivity contribution in [1.82, 2.24) is 5.32 Å². The molecule has 0 atom stereocenters. The lowest BCUT2D eigenvalue weighted by molar-refractivity contribution is 0.421. The lowest BCUT2D eigenvalue weighted by atomic mass is 9.99. The van der Waals surface area contributed by atoms with E-state index < -0.39 is 9.84 Å². The summed E-state index contributed by atoms with van der Waals surface area (Å²) in [7, 11) is -2.77. The van der Waals surface area contributed by atoms with E-state index in [1.165, 1.54) is 6.07 Å². The Morgan fingerprint density at radius 2 is 2.00 bits per heavy atom. The van der Waals surface area contributed by atoms with Crippen LogP contribution in [0.5, 0.6) is 0 Å². The third-order valence-electron chi connectivity index (χ3n) is 3.92. The zero-order chi connectivity index (χ0) is 14.6. The van der Waals surface area contributed by atoms with Crippen LogP contribution in [0.25, 0.3) is 0 Å². The molecule has 1 aliphatic heterocycles. The number of benzene rings is 1. The number of halogens is 1. The van der Waals surface area contributed by atoms with Crippen LogP contribution in [0.15, 0.2) is 18.2 Å². The normalized spacial score (nSPS) is 19.1. The molecule has 112 valence electrons. The fraction of sp³-hybridized carbons (Fsp3) is 0.600. The minimum atomic E-state index is -2.77. The SMILES string of the molecule is Cc1ccc(F)c(CNCCC2CCS(=O)(=O)CC2)c1. The molecule has 0 amide bonds. The van der Waals surface area contributed by atoms with Crippen LogP contribution >= 0.6 is 0 Å². The Labute approximate surface area is 120 Å². The van der Waals surface area contributed by atoms with Crippen molar-refractivity contribution in [2.24, 2.45) is 5.92 Å². The molecule has 1 fully saturated rings. The van der Waals surface area contributed by atoms with Gasteiger partial charge in [-0.3, -0.25) is 0 Å². The predicted molar refractivity (Wildman–Crippen MR) is 78.8 cm³/mol. The first kappa shape index (κ1) is 15.4. The molecule has 1 saturated heterocycles. The van der Waals surface area contributed by atoms with Crippen molar-refractivity contribution >= 4 is 9.84 Å². The molecule has 5 heteroatoms. The number of nitrogens with one attached hydrogen (secondary N) is 1. The first-order chi connectivity index (χ1) is 9.46. The standard InChI is InChI=1S/C15H22FNO2S/c1-12-2-3-15(16)14(10-12)11-17-7-4-13-5-8-20(18,19)9-6-13/h2-3,10,13,17H,4-9,11H2,1H3. The molecule has 20 heavy (non-hydrogen) atoms. The molecular formula is C15H22FNO2S. The molecule has 1 heterocycles. The van der Waals surface area contributed by atoms with Gasteiger partial charge < -0.3 is 5.32 Å². The molecule has 0 unspecified atom stereocenters. The Morgan fingerprint density at radius 1 is 1.30 bits per heavy atom. The monoisotopic (exact) mass is 299 g/mol. The van der Waals surface area contributed by atoms with Gasteiger partial charge in [0.15, 0.2) is 0 Å². The van der Waals surface area contributed by atoms with E-state index in [1.54, 1.807) is 6.07 Å². The molecule has 1 aromatic carbocycles. The Morgan fingerprint density at radius 3 is 2.70 bits per heavy atom. The van der Waals surface area contributed by atoms with Crippen molar-refractivity contribution in [3.63, 3.8) is 0 Å². The molecule has 0 saturated carbocycles. The Hall–Kier alpha value is -0.940. The smallest absolute Gasteiger partial charge is 0.150 e. The number of hydrogen-bond acceptors (Lipinski definition) is 3. The quantitative estimate of drug-likeness (QED) is 0.850. The van der Waals surface area contributed by atoms with Crippen LogP contribution in [0.4, 0.5) is 4.39 Å². The minimum Gasteiger partial charge on any atom is -0.313 e. The van der Waals surface area contributed by atoms with Crippen LogP contribution in [0, 0.1) is 18.7 Å². The lowest BCUT2D eigenvalue weighted by Crippen LogP contribution is -2.26. The van der Waals surface area contributed by atoms with E-state index in [1.807, 2.05) is 13.0 Å². The third kappa shape index (κ3) is 4.56. The summed E-state index contributed by atoms with van der Waals surface area (Å²) in [5, 5.41) is 3.25. The van der Waals surface area contributed by atoms with E-state index in [2.05, 4.69) is 5.32 Å². The highest BCUT2D eigenvalue weighted by atomic mass is 32.2. The van der Waals surface area contributed by atoms with Gasteiger partial charge in [0.05, 0.1) is 11.5 Å². The topological polar surface area (TPSA) is 46.2 Å². The van der Waals surface area contributed by atoms with Crippen LogP contribution in [-0.4, -0.2) is 26.5 Å². The van der Waals surface area contributed by atoms with Gasteiger partial charge >= 0.3 is 0 Å². The molecule has 1 aromatic rings. The Bertz CT molecular complexity index is 543. The molecule has 0 aliphatic carbocycles. The average Bonchev–Trinajstić information content (AvgIpc) is 2.40. The van der Waals surface area contributed by atoms with Gasteiger partial charge in [-0.2, -0.15) is 0 Å². The van der Waals surface area contributed by atoms with Crippen molar-refractivity contribution in [2.75, 3.05) is 18.1 Å². The summed E-state index contributed by atoms with van der Waals surface area (Å²) >= 11 is 0. The van der Waals surface area contributed by atoms with Crippen LogP contribution < -0.4 is 5.32 Å². The third-order valence-corrected chi connectivity index (χ3v) is 5.64. The number of aryl methyl sites for hydroxylation is 1. The largest absolute Gasteiger partial charge is 0.313 e. The average molecular weight is 299 g/mol. The number of sulfone groups is 1. The maximum absolute atomic E-state index is 13.5. The Kier molecular flexibility index (Phi) is 5.16. The molecule has 0 bridgehead atoms. The van der Waals surface area contributed by atoms with E-state index in [0.717, 1.165) is 31.4 Å². The van der Waals surface area contributed by atoms with Gasteiger partial charge in [-0.1, -0.05) is 17.7 Å². The van der Waals surface area contributed by atoms with Gasteiger partial charge in [0.25, 0.3) is 0 Å². The van der Waals surface area contributed by atoms with E-state index >= 15 is 0 Å². The van der Waals surface area contributed by atoms with E-state index in [4.69, 9.17) is 0 Å². The van der Waals surface area contributed by atoms with Crippen LogP contribution in [0.2, 0.25) is 0 Å². The molecule has 0 aromatic heterocycles. The molecule has 1 aliphatic rings. The summed E-state index contributed by atoms with van der Waals surface area (Å²) in [6.45, 7) is 3.28. The second-order valence-electron chi connectivity index (χ2n) is 5.66. The highest BCUT2D eigenvalue weighted by molar-refractivity contribution is 7.91. The summed E-state index contributed by atoms with van der Waals surface area (Å²) in [5.74, 6) is 0.953. The molecule has 1 N–H and O–H groups in total. The molecule has 0 radical (unpaired) electrons. The second kappa shape index (κ2) is 6.68. The van der Waals surface area contributed by atoms with Crippen molar-refractivity contribution in [1.29, 1.82) is 0 Å². The summed E-state index contributed by atoms with van der Waals surface area (Å²) < 4.78 is 36.2. The summed E-state index contributed by atoms with van der Waals surface area (Å²) in [6.07, 6.45) is 2.49. The van der Waals surface area contributed by atoms with Crippen LogP contribution in [0.1, 0.15) is 30.4 Å². The van der Waals surface area contributed by atoms with E-state index in [0.29, 0.717) is 29.5 Å². The zero-order valence-electron chi connectivity index (χ0n) is 11.9. The van der Waals surface area contributed by atoms with Gasteiger partial charge in [-0.05, 0) is 44.7 Å². The van der Waals surface area contributed by atoms with Crippen LogP contribution in [-0.2, 0) is 16.4 Å². The van der Waals surface area contributed by atoms with Crippen molar-refractivity contribution < 1.29 is 12.8 Å². The lowest BCUT2D eigenvalue weighted by Gasteiger charge is -2.21. The summed E-state index contributed by atoms with van der Waals surface area (Å²) in [5.41, 5.74) is 1.75. The molecule has 2 rings (SSSR count). The molecule has 3 nitrogen and oxygen atoms in total. The Balaban J connectivity index is 1.70. The predicted octanol–water partition coefficient (Wildman–Crippen LogP) is 2.44. The highest BCUT2D eigenvalue weighted by Gasteiger charge is 2.22. The van der Waals surface area contributed by atoms with Crippen LogP contribution in [0.3, 0.4) is 0 Å². The maximum Gasteiger partial charge on any atom is 0.150 e. The highest BCUT2D eigenvalue weighted by Crippen LogP contribution is 2.21. The van der Waals surface area contributed by atoms with Gasteiger partial charge in [-0.15, -0.1) is 0 Å². The zero-order valence-corrected chi connectivity index (χ0v) is 12.7. The summed E-state index contributed by atoms with van der Waals surface area (Å²) in [4.78, 5) is 0. The van der Waals surface area contributed by atoms with Crippen molar-refractivity contribution in [3.8, 4) is 0 Å². The molecule has 0 spiro atoms. The van der Waals surface area contributed by atoms with Crippen molar-refractivity contribution in [2.45, 2.75) is 32.7 Å². The van der Waals surface area contributed by atoms with Gasteiger partial charge in [-0.25, -0.2) is 12.8 Å². The fourth-order valence-electron chi connectivity index (χ4n) is 2.60. The van der Waals surface area contributed by atoms with Crippen molar-refractivity contribution in [3.05, 3.63) is 35.1 Å². The van der Waals surface area contributed by atoms with E-state index in [-0.39, 0.29) is 5.82 Å².